The summed E-state index contributed by atoms with van der Waals surface area (Å²) < 4.78 is 6.92. The van der Waals surface area contributed by atoms with Crippen LogP contribution in [0.2, 0.25) is 0 Å². The van der Waals surface area contributed by atoms with Gasteiger partial charge in [0.05, 0.1) is 0 Å². The van der Waals surface area contributed by atoms with Gasteiger partial charge in [-0.2, -0.15) is 0 Å². The second-order valence-electron chi connectivity index (χ2n) is 9.93. The summed E-state index contributed by atoms with van der Waals surface area (Å²) in [6, 6.07) is 25.9. The molecule has 0 N–H and O–H groups in total. The topological polar surface area (TPSA) is 9.23 Å². The fourth-order valence-corrected chi connectivity index (χ4v) is 3.99. The highest BCUT2D eigenvalue weighted by Gasteiger charge is 2.25. The zero-order valence-electron chi connectivity index (χ0n) is 18.3. The van der Waals surface area contributed by atoms with Gasteiger partial charge in [0.15, 0.2) is 0 Å². The van der Waals surface area contributed by atoms with Crippen LogP contribution in [-0.2, 0) is 10.8 Å². The van der Waals surface area contributed by atoms with E-state index in [1.54, 1.807) is 0 Å². The summed E-state index contributed by atoms with van der Waals surface area (Å²) >= 11 is 0. The molecule has 0 spiro atoms. The van der Waals surface area contributed by atoms with E-state index in [-0.39, 0.29) is 10.8 Å². The summed E-state index contributed by atoms with van der Waals surface area (Å²) in [6.07, 6.45) is 0. The van der Waals surface area contributed by atoms with Crippen molar-refractivity contribution >= 4 is 21.5 Å². The normalized spacial score (nSPS) is 12.5. The second kappa shape index (κ2) is 6.91. The van der Waals surface area contributed by atoms with Crippen LogP contribution in [0.3, 0.4) is 0 Å². The number of fused-ring (bicyclic) bond motifs is 2. The molecule has 29 heavy (non-hydrogen) atoms. The minimum absolute atomic E-state index is 0.0220. The molecule has 0 heterocycles. The Bertz CT molecular complexity index is 1090. The third-order valence-electron chi connectivity index (χ3n) is 5.58. The Morgan fingerprint density at radius 3 is 1.24 bits per heavy atom. The molecule has 0 bridgehead atoms. The number of hydrogen-bond donors (Lipinski definition) is 0. The van der Waals surface area contributed by atoms with Gasteiger partial charge in [-0.15, -0.1) is 0 Å². The predicted octanol–water partition coefficient (Wildman–Crippen LogP) is 8.38. The highest BCUT2D eigenvalue weighted by Crippen LogP contribution is 2.44. The monoisotopic (exact) mass is 382 g/mol. The lowest BCUT2D eigenvalue weighted by molar-refractivity contribution is 0.445. The van der Waals surface area contributed by atoms with Gasteiger partial charge in [0.25, 0.3) is 0 Å². The SMILES string of the molecule is CC(C)(C)c1ccc2ccccc2c1Oc1c(C(C)(C)C)ccc2ccccc12. The molecule has 4 aromatic carbocycles. The first-order chi connectivity index (χ1) is 13.7. The van der Waals surface area contributed by atoms with Gasteiger partial charge in [-0.05, 0) is 21.6 Å². The minimum Gasteiger partial charge on any atom is -0.455 e. The van der Waals surface area contributed by atoms with Gasteiger partial charge in [-0.25, -0.2) is 0 Å². The van der Waals surface area contributed by atoms with Crippen LogP contribution in [0.15, 0.2) is 72.8 Å². The van der Waals surface area contributed by atoms with Crippen LogP contribution in [0.5, 0.6) is 11.5 Å². The van der Waals surface area contributed by atoms with E-state index < -0.39 is 0 Å². The van der Waals surface area contributed by atoms with Crippen LogP contribution >= 0.6 is 0 Å². The third-order valence-corrected chi connectivity index (χ3v) is 5.58. The number of rotatable bonds is 2. The quantitative estimate of drug-likeness (QED) is 0.338. The molecule has 148 valence electrons. The molecule has 0 aliphatic rings. The average Bonchev–Trinajstić information content (AvgIpc) is 2.66. The smallest absolute Gasteiger partial charge is 0.139 e. The molecule has 0 atom stereocenters. The maximum absolute atomic E-state index is 6.92. The van der Waals surface area contributed by atoms with Crippen LogP contribution in [0.4, 0.5) is 0 Å². The molecule has 0 aromatic heterocycles. The fraction of sp³-hybridized carbons (Fsp3) is 0.286. The lowest BCUT2D eigenvalue weighted by atomic mass is 9.84. The minimum atomic E-state index is -0.0220. The molecular formula is C28H30O. The van der Waals surface area contributed by atoms with E-state index >= 15 is 0 Å². The van der Waals surface area contributed by atoms with Gasteiger partial charge < -0.3 is 4.74 Å². The molecule has 0 saturated carbocycles. The summed E-state index contributed by atoms with van der Waals surface area (Å²) in [5.41, 5.74) is 2.41. The Morgan fingerprint density at radius 1 is 0.483 bits per heavy atom. The fourth-order valence-electron chi connectivity index (χ4n) is 3.99. The summed E-state index contributed by atoms with van der Waals surface area (Å²) in [7, 11) is 0. The average molecular weight is 383 g/mol. The maximum Gasteiger partial charge on any atom is 0.139 e. The lowest BCUT2D eigenvalue weighted by Crippen LogP contribution is -2.15. The van der Waals surface area contributed by atoms with Crippen LogP contribution in [0.1, 0.15) is 52.7 Å². The zero-order chi connectivity index (χ0) is 20.8. The maximum atomic E-state index is 6.92. The Kier molecular flexibility index (Phi) is 4.65. The highest BCUT2D eigenvalue weighted by atomic mass is 16.5. The molecule has 0 fully saturated rings. The lowest BCUT2D eigenvalue weighted by Gasteiger charge is -2.28. The molecule has 0 saturated heterocycles. The number of ether oxygens (including phenoxy) is 1. The van der Waals surface area contributed by atoms with Gasteiger partial charge in [-0.1, -0.05) is 114 Å². The van der Waals surface area contributed by atoms with Crippen molar-refractivity contribution in [3.8, 4) is 11.5 Å². The van der Waals surface area contributed by atoms with E-state index in [1.807, 2.05) is 0 Å². The second-order valence-corrected chi connectivity index (χ2v) is 9.93. The van der Waals surface area contributed by atoms with Gasteiger partial charge in [-0.3, -0.25) is 0 Å². The van der Waals surface area contributed by atoms with Gasteiger partial charge in [0, 0.05) is 21.9 Å². The molecule has 1 heteroatoms. The van der Waals surface area contributed by atoms with Crippen molar-refractivity contribution in [2.45, 2.75) is 52.4 Å². The zero-order valence-corrected chi connectivity index (χ0v) is 18.3. The van der Waals surface area contributed by atoms with Crippen molar-refractivity contribution < 1.29 is 4.74 Å². The molecular weight excluding hydrogens is 352 g/mol. The third kappa shape index (κ3) is 3.62. The van der Waals surface area contributed by atoms with E-state index in [2.05, 4.69) is 114 Å². The summed E-state index contributed by atoms with van der Waals surface area (Å²) in [4.78, 5) is 0. The van der Waals surface area contributed by atoms with Crippen LogP contribution < -0.4 is 4.74 Å². The Hall–Kier alpha value is -2.80. The van der Waals surface area contributed by atoms with E-state index in [4.69, 9.17) is 4.74 Å². The molecule has 0 unspecified atom stereocenters. The standard InChI is InChI=1S/C28H30O/c1-27(2,3)23-17-15-19-11-7-9-13-21(19)25(23)29-26-22-14-10-8-12-20(22)16-18-24(26)28(4,5)6/h7-18H,1-6H3. The van der Waals surface area contributed by atoms with Crippen molar-refractivity contribution in [1.29, 1.82) is 0 Å². The van der Waals surface area contributed by atoms with E-state index in [1.165, 1.54) is 21.9 Å². The van der Waals surface area contributed by atoms with Gasteiger partial charge in [0.2, 0.25) is 0 Å². The highest BCUT2D eigenvalue weighted by molar-refractivity contribution is 5.93. The first kappa shape index (κ1) is 19.5. The van der Waals surface area contributed by atoms with Crippen LogP contribution in [0, 0.1) is 0 Å². The van der Waals surface area contributed by atoms with Crippen molar-refractivity contribution in [3.63, 3.8) is 0 Å². The van der Waals surface area contributed by atoms with Gasteiger partial charge >= 0.3 is 0 Å². The van der Waals surface area contributed by atoms with Crippen molar-refractivity contribution in [1.82, 2.24) is 0 Å². The van der Waals surface area contributed by atoms with E-state index in [9.17, 15) is 0 Å². The molecule has 0 aliphatic carbocycles. The molecule has 4 aromatic rings. The molecule has 0 radical (unpaired) electrons. The summed E-state index contributed by atoms with van der Waals surface area (Å²) in [6.45, 7) is 13.5. The first-order valence-corrected chi connectivity index (χ1v) is 10.4. The molecule has 1 nitrogen and oxygen atoms in total. The van der Waals surface area contributed by atoms with E-state index in [0.29, 0.717) is 0 Å². The van der Waals surface area contributed by atoms with E-state index in [0.717, 1.165) is 22.3 Å². The summed E-state index contributed by atoms with van der Waals surface area (Å²) in [5, 5.41) is 4.72. The Morgan fingerprint density at radius 2 is 0.862 bits per heavy atom. The van der Waals surface area contributed by atoms with Crippen molar-refractivity contribution in [3.05, 3.63) is 83.9 Å². The van der Waals surface area contributed by atoms with Crippen molar-refractivity contribution in [2.24, 2.45) is 0 Å². The first-order valence-electron chi connectivity index (χ1n) is 10.4. The van der Waals surface area contributed by atoms with Crippen molar-refractivity contribution in [2.75, 3.05) is 0 Å². The van der Waals surface area contributed by atoms with Crippen LogP contribution in [0.25, 0.3) is 21.5 Å². The van der Waals surface area contributed by atoms with Gasteiger partial charge in [0.1, 0.15) is 11.5 Å². The predicted molar refractivity (Wildman–Crippen MR) is 125 cm³/mol. The molecule has 4 rings (SSSR count). The summed E-state index contributed by atoms with van der Waals surface area (Å²) in [5.74, 6) is 1.94. The molecule has 0 aliphatic heterocycles. The number of benzene rings is 4. The largest absolute Gasteiger partial charge is 0.455 e. The Labute approximate surface area is 174 Å². The number of hydrogen-bond acceptors (Lipinski definition) is 1. The van der Waals surface area contributed by atoms with Crippen LogP contribution in [-0.4, -0.2) is 0 Å². The Balaban J connectivity index is 2.04. The molecule has 0 amide bonds.